The van der Waals surface area contributed by atoms with Gasteiger partial charge in [-0.05, 0) is 43.4 Å². The van der Waals surface area contributed by atoms with Crippen LogP contribution in [0.25, 0.3) is 0 Å². The van der Waals surface area contributed by atoms with Gasteiger partial charge in [0.05, 0.1) is 0 Å². The van der Waals surface area contributed by atoms with Gasteiger partial charge < -0.3 is 0 Å². The fourth-order valence-corrected chi connectivity index (χ4v) is 1.91. The highest BCUT2D eigenvalue weighted by Gasteiger charge is 2.15. The van der Waals surface area contributed by atoms with Crippen molar-refractivity contribution in [3.05, 3.63) is 29.6 Å². The second-order valence-corrected chi connectivity index (χ2v) is 3.68. The Morgan fingerprint density at radius 3 is 2.77 bits per heavy atom. The Labute approximate surface area is 79.4 Å². The van der Waals surface area contributed by atoms with Gasteiger partial charge in [0.2, 0.25) is 0 Å². The van der Waals surface area contributed by atoms with E-state index in [1.165, 1.54) is 18.4 Å². The van der Waals surface area contributed by atoms with Crippen LogP contribution >= 0.6 is 0 Å². The highest BCUT2D eigenvalue weighted by molar-refractivity contribution is 5.20. The zero-order valence-electron chi connectivity index (χ0n) is 8.03. The van der Waals surface area contributed by atoms with Crippen LogP contribution < -0.4 is 5.32 Å². The van der Waals surface area contributed by atoms with Crippen molar-refractivity contribution in [3.63, 3.8) is 0 Å². The summed E-state index contributed by atoms with van der Waals surface area (Å²) in [7, 11) is 0. The normalized spacial score (nSPS) is 18.8. The van der Waals surface area contributed by atoms with Crippen LogP contribution in [0.2, 0.25) is 0 Å². The molecule has 0 atom stereocenters. The van der Waals surface area contributed by atoms with E-state index in [1.54, 1.807) is 0 Å². The number of aromatic nitrogens is 1. The number of rotatable bonds is 1. The van der Waals surface area contributed by atoms with Gasteiger partial charge >= 0.3 is 0 Å². The van der Waals surface area contributed by atoms with Gasteiger partial charge in [-0.1, -0.05) is 0 Å². The Bertz CT molecular complexity index is 277. The van der Waals surface area contributed by atoms with Gasteiger partial charge in [-0.15, -0.1) is 0 Å². The summed E-state index contributed by atoms with van der Waals surface area (Å²) in [5, 5.41) is 4.36. The molecule has 13 heavy (non-hydrogen) atoms. The van der Waals surface area contributed by atoms with Crippen molar-refractivity contribution < 1.29 is 0 Å². The quantitative estimate of drug-likeness (QED) is 0.640. The second-order valence-electron chi connectivity index (χ2n) is 3.68. The zero-order chi connectivity index (χ0) is 9.10. The summed E-state index contributed by atoms with van der Waals surface area (Å²) >= 11 is 0. The van der Waals surface area contributed by atoms with Crippen LogP contribution in [0.4, 0.5) is 0 Å². The van der Waals surface area contributed by atoms with Crippen molar-refractivity contribution >= 4 is 0 Å². The first-order chi connectivity index (χ1) is 6.36. The van der Waals surface area contributed by atoms with E-state index in [0.29, 0.717) is 0 Å². The molecule has 1 radical (unpaired) electrons. The molecule has 0 N–H and O–H groups in total. The molecule has 0 spiro atoms. The molecule has 0 amide bonds. The molecule has 2 heterocycles. The maximum atomic E-state index is 4.36. The van der Waals surface area contributed by atoms with E-state index >= 15 is 0 Å². The van der Waals surface area contributed by atoms with Crippen LogP contribution in [-0.4, -0.2) is 18.1 Å². The second kappa shape index (κ2) is 3.88. The largest absolute Gasteiger partial charge is 0.262 e. The molecule has 0 bridgehead atoms. The number of hydrogen-bond donors (Lipinski definition) is 0. The first-order valence-electron chi connectivity index (χ1n) is 4.92. The Kier molecular flexibility index (Phi) is 2.60. The Morgan fingerprint density at radius 1 is 1.31 bits per heavy atom. The van der Waals surface area contributed by atoms with Gasteiger partial charge in [0, 0.05) is 25.0 Å². The minimum Gasteiger partial charge on any atom is -0.262 e. The predicted octanol–water partition coefficient (Wildman–Crippen LogP) is 1.87. The van der Waals surface area contributed by atoms with Crippen LogP contribution in [0.5, 0.6) is 0 Å². The summed E-state index contributed by atoms with van der Waals surface area (Å²) in [6, 6.07) is 4.35. The van der Waals surface area contributed by atoms with Crippen LogP contribution in [0.3, 0.4) is 0 Å². The standard InChI is InChI=1S/C11H15N2/c1-9-8-11(4-7-13-9)10-2-5-12-6-3-10/h4,7-8,10H,2-3,5-6H2,1H3. The van der Waals surface area contributed by atoms with Gasteiger partial charge in [-0.3, -0.25) is 4.98 Å². The smallest absolute Gasteiger partial charge is 0.0375 e. The number of pyridine rings is 1. The predicted molar refractivity (Wildman–Crippen MR) is 52.8 cm³/mol. The van der Waals surface area contributed by atoms with E-state index in [9.17, 15) is 0 Å². The van der Waals surface area contributed by atoms with Crippen molar-refractivity contribution in [1.29, 1.82) is 0 Å². The monoisotopic (exact) mass is 175 g/mol. The fraction of sp³-hybridized carbons (Fsp3) is 0.545. The maximum absolute atomic E-state index is 4.36. The Morgan fingerprint density at radius 2 is 2.08 bits per heavy atom. The lowest BCUT2D eigenvalue weighted by molar-refractivity contribution is 0.453. The zero-order valence-corrected chi connectivity index (χ0v) is 8.03. The minimum absolute atomic E-state index is 0.721. The number of piperidine rings is 1. The van der Waals surface area contributed by atoms with Gasteiger partial charge in [0.1, 0.15) is 0 Å². The van der Waals surface area contributed by atoms with Gasteiger partial charge in [-0.25, -0.2) is 5.32 Å². The lowest BCUT2D eigenvalue weighted by atomic mass is 9.90. The molecular formula is C11H15N2. The Balaban J connectivity index is 2.14. The molecule has 2 rings (SSSR count). The third kappa shape index (κ3) is 2.07. The third-order valence-electron chi connectivity index (χ3n) is 2.66. The van der Waals surface area contributed by atoms with E-state index in [0.717, 1.165) is 24.7 Å². The van der Waals surface area contributed by atoms with Crippen molar-refractivity contribution in [2.45, 2.75) is 25.7 Å². The molecule has 0 saturated carbocycles. The summed E-state index contributed by atoms with van der Waals surface area (Å²) in [4.78, 5) is 4.21. The summed E-state index contributed by atoms with van der Waals surface area (Å²) in [5.74, 6) is 0.721. The van der Waals surface area contributed by atoms with E-state index in [-0.39, 0.29) is 0 Å². The highest BCUT2D eigenvalue weighted by atomic mass is 14.9. The van der Waals surface area contributed by atoms with E-state index < -0.39 is 0 Å². The lowest BCUT2D eigenvalue weighted by Gasteiger charge is -2.21. The topological polar surface area (TPSA) is 27.0 Å². The summed E-state index contributed by atoms with van der Waals surface area (Å²) in [6.07, 6.45) is 4.34. The molecule has 2 heteroatoms. The molecule has 1 aromatic heterocycles. The number of aryl methyl sites for hydroxylation is 1. The molecule has 2 nitrogen and oxygen atoms in total. The fourth-order valence-electron chi connectivity index (χ4n) is 1.91. The third-order valence-corrected chi connectivity index (χ3v) is 2.66. The molecule has 1 aromatic rings. The molecule has 1 fully saturated rings. The molecule has 1 aliphatic heterocycles. The summed E-state index contributed by atoms with van der Waals surface area (Å²) in [5.41, 5.74) is 2.57. The van der Waals surface area contributed by atoms with Crippen molar-refractivity contribution in [3.8, 4) is 0 Å². The average molecular weight is 175 g/mol. The molecule has 1 aliphatic rings. The van der Waals surface area contributed by atoms with E-state index in [4.69, 9.17) is 0 Å². The van der Waals surface area contributed by atoms with Crippen molar-refractivity contribution in [1.82, 2.24) is 10.3 Å². The average Bonchev–Trinajstić information content (AvgIpc) is 2.19. The maximum Gasteiger partial charge on any atom is 0.0375 e. The van der Waals surface area contributed by atoms with Crippen molar-refractivity contribution in [2.24, 2.45) is 0 Å². The van der Waals surface area contributed by atoms with Crippen LogP contribution in [-0.2, 0) is 0 Å². The number of hydrogen-bond acceptors (Lipinski definition) is 1. The SMILES string of the molecule is Cc1cc(C2CC[N]CC2)ccn1. The van der Waals surface area contributed by atoms with Gasteiger partial charge in [-0.2, -0.15) is 0 Å². The minimum atomic E-state index is 0.721. The van der Waals surface area contributed by atoms with E-state index in [2.05, 4.69) is 29.4 Å². The van der Waals surface area contributed by atoms with Crippen LogP contribution in [0.1, 0.15) is 30.0 Å². The first-order valence-corrected chi connectivity index (χ1v) is 4.92. The molecule has 69 valence electrons. The van der Waals surface area contributed by atoms with E-state index in [1.807, 2.05) is 6.20 Å². The Hall–Kier alpha value is -0.890. The summed E-state index contributed by atoms with van der Waals surface area (Å²) < 4.78 is 0. The highest BCUT2D eigenvalue weighted by Crippen LogP contribution is 2.25. The molecule has 0 aliphatic carbocycles. The molecular weight excluding hydrogens is 160 g/mol. The molecule has 0 aromatic carbocycles. The lowest BCUT2D eigenvalue weighted by Crippen LogP contribution is -2.21. The molecule has 0 unspecified atom stereocenters. The van der Waals surface area contributed by atoms with Crippen molar-refractivity contribution in [2.75, 3.05) is 13.1 Å². The van der Waals surface area contributed by atoms with Gasteiger partial charge in [0.25, 0.3) is 0 Å². The molecule has 1 saturated heterocycles. The van der Waals surface area contributed by atoms with Gasteiger partial charge in [0.15, 0.2) is 0 Å². The first kappa shape index (κ1) is 8.70. The van der Waals surface area contributed by atoms with Crippen LogP contribution in [0.15, 0.2) is 18.3 Å². The number of nitrogens with zero attached hydrogens (tertiary/aromatic N) is 2. The van der Waals surface area contributed by atoms with Crippen LogP contribution in [0, 0.1) is 6.92 Å². The summed E-state index contributed by atoms with van der Waals surface area (Å²) in [6.45, 7) is 4.12.